The number of sulfonamides is 1. The normalized spacial score (nSPS) is 14.9. The van der Waals surface area contributed by atoms with E-state index in [1.165, 1.54) is 10.6 Å². The summed E-state index contributed by atoms with van der Waals surface area (Å²) in [4.78, 5) is 4.27. The number of nitrogens with zero attached hydrogens (tertiary/aromatic N) is 2. The zero-order valence-corrected chi connectivity index (χ0v) is 15.1. The van der Waals surface area contributed by atoms with Gasteiger partial charge in [-0.15, -0.1) is 0 Å². The third-order valence-corrected chi connectivity index (χ3v) is 5.57. The van der Waals surface area contributed by atoms with Crippen molar-refractivity contribution >= 4 is 23.3 Å². The molecule has 0 saturated heterocycles. The lowest BCUT2D eigenvalue weighted by Crippen LogP contribution is -2.35. The Bertz CT molecular complexity index is 838. The molecule has 0 amide bonds. The quantitative estimate of drug-likeness (QED) is 0.577. The lowest BCUT2D eigenvalue weighted by molar-refractivity contribution is 0.309. The summed E-state index contributed by atoms with van der Waals surface area (Å²) in [5.41, 5.74) is 3.89. The van der Waals surface area contributed by atoms with Crippen LogP contribution in [0.3, 0.4) is 0 Å². The van der Waals surface area contributed by atoms with Crippen LogP contribution >= 0.6 is 0 Å². The summed E-state index contributed by atoms with van der Waals surface area (Å²) in [5.74, 6) is 0.830. The van der Waals surface area contributed by atoms with Crippen LogP contribution in [0.25, 0.3) is 0 Å². The summed E-state index contributed by atoms with van der Waals surface area (Å²) in [6.07, 6.45) is 5.35. The molecular weight excluding hydrogens is 335 g/mol. The molecule has 130 valence electrons. The first-order valence-electron chi connectivity index (χ1n) is 8.32. The third kappa shape index (κ3) is 4.83. The van der Waals surface area contributed by atoms with E-state index in [0.717, 1.165) is 41.8 Å². The molecule has 0 bridgehead atoms. The van der Waals surface area contributed by atoms with Gasteiger partial charge in [-0.25, -0.2) is 8.42 Å². The number of hydrogen-bond acceptors (Lipinski definition) is 4. The highest BCUT2D eigenvalue weighted by Crippen LogP contribution is 2.25. The summed E-state index contributed by atoms with van der Waals surface area (Å²) in [6.45, 7) is 1.58. The van der Waals surface area contributed by atoms with E-state index in [0.29, 0.717) is 25.2 Å². The second-order valence-corrected chi connectivity index (χ2v) is 8.29. The molecule has 3 rings (SSSR count). The average molecular weight is 356 g/mol. The first-order chi connectivity index (χ1) is 11.9. The van der Waals surface area contributed by atoms with Crippen LogP contribution in [0.15, 0.2) is 36.5 Å². The van der Waals surface area contributed by atoms with E-state index >= 15 is 0 Å². The number of rotatable bonds is 6. The lowest BCUT2D eigenvalue weighted by atomic mass is 9.98. The van der Waals surface area contributed by atoms with Gasteiger partial charge in [-0.2, -0.15) is 4.31 Å². The molecule has 0 fully saturated rings. The molecule has 0 unspecified atom stereocenters. The van der Waals surface area contributed by atoms with Crippen molar-refractivity contribution in [3.05, 3.63) is 53.3 Å². The number of hydrogen-bond donors (Lipinski definition) is 0. The molecule has 7 heteroatoms. The SMILES string of the molecule is [B]c1ccc(CCCOc2ccc3c(c2)CCN(S(C)(=O)=O)C3)nc1. The van der Waals surface area contributed by atoms with Gasteiger partial charge < -0.3 is 4.74 Å². The van der Waals surface area contributed by atoms with Crippen molar-refractivity contribution in [1.29, 1.82) is 0 Å². The fourth-order valence-electron chi connectivity index (χ4n) is 2.90. The van der Waals surface area contributed by atoms with Crippen LogP contribution in [0.2, 0.25) is 0 Å². The van der Waals surface area contributed by atoms with E-state index in [4.69, 9.17) is 12.6 Å². The predicted molar refractivity (Wildman–Crippen MR) is 98.8 cm³/mol. The number of aromatic nitrogens is 1. The van der Waals surface area contributed by atoms with Gasteiger partial charge in [-0.1, -0.05) is 17.6 Å². The number of ether oxygens (including phenoxy) is 1. The molecule has 1 aromatic heterocycles. The van der Waals surface area contributed by atoms with Gasteiger partial charge in [0.25, 0.3) is 0 Å². The Morgan fingerprint density at radius 3 is 2.80 bits per heavy atom. The van der Waals surface area contributed by atoms with Crippen LogP contribution in [0, 0.1) is 0 Å². The minimum Gasteiger partial charge on any atom is -0.494 e. The Morgan fingerprint density at radius 2 is 2.08 bits per heavy atom. The molecule has 25 heavy (non-hydrogen) atoms. The van der Waals surface area contributed by atoms with E-state index in [-0.39, 0.29) is 0 Å². The fraction of sp³-hybridized carbons (Fsp3) is 0.389. The van der Waals surface area contributed by atoms with Crippen molar-refractivity contribution in [3.63, 3.8) is 0 Å². The molecule has 0 N–H and O–H groups in total. The van der Waals surface area contributed by atoms with Gasteiger partial charge in [0, 0.05) is 25.0 Å². The van der Waals surface area contributed by atoms with Gasteiger partial charge in [0.2, 0.25) is 10.0 Å². The highest BCUT2D eigenvalue weighted by atomic mass is 32.2. The van der Waals surface area contributed by atoms with Gasteiger partial charge in [0.15, 0.2) is 0 Å². The van der Waals surface area contributed by atoms with Gasteiger partial charge in [-0.05, 0) is 48.6 Å². The molecule has 1 aromatic carbocycles. The predicted octanol–water partition coefficient (Wildman–Crippen LogP) is 1.20. The summed E-state index contributed by atoms with van der Waals surface area (Å²) < 4.78 is 30.7. The van der Waals surface area contributed by atoms with Crippen LogP contribution in [0.5, 0.6) is 5.75 Å². The van der Waals surface area contributed by atoms with E-state index in [2.05, 4.69) is 4.98 Å². The highest BCUT2D eigenvalue weighted by molar-refractivity contribution is 7.88. The molecule has 1 aliphatic rings. The van der Waals surface area contributed by atoms with Crippen LogP contribution < -0.4 is 10.2 Å². The van der Waals surface area contributed by atoms with Crippen LogP contribution in [-0.2, 0) is 29.4 Å². The van der Waals surface area contributed by atoms with Crippen molar-refractivity contribution < 1.29 is 13.2 Å². The molecule has 0 aliphatic carbocycles. The maximum Gasteiger partial charge on any atom is 0.211 e. The van der Waals surface area contributed by atoms with Crippen molar-refractivity contribution in [2.24, 2.45) is 0 Å². The van der Waals surface area contributed by atoms with Crippen LogP contribution in [0.1, 0.15) is 23.2 Å². The zero-order chi connectivity index (χ0) is 17.9. The van der Waals surface area contributed by atoms with E-state index in [1.807, 2.05) is 30.3 Å². The average Bonchev–Trinajstić information content (AvgIpc) is 2.59. The Kier molecular flexibility index (Phi) is 5.44. The van der Waals surface area contributed by atoms with Crippen molar-refractivity contribution in [1.82, 2.24) is 9.29 Å². The topological polar surface area (TPSA) is 59.5 Å². The van der Waals surface area contributed by atoms with Crippen molar-refractivity contribution in [3.8, 4) is 5.75 Å². The Labute approximate surface area is 150 Å². The minimum atomic E-state index is -3.14. The molecule has 0 atom stereocenters. The molecule has 2 heterocycles. The minimum absolute atomic E-state index is 0.442. The standard InChI is InChI=1S/C18H21BN2O3S/c1-25(22,23)21-9-8-14-11-18(7-4-15(14)13-21)24-10-2-3-17-6-5-16(19)12-20-17/h4-7,11-12H,2-3,8-10,13H2,1H3. The lowest BCUT2D eigenvalue weighted by Gasteiger charge is -2.27. The van der Waals surface area contributed by atoms with E-state index in [9.17, 15) is 8.42 Å². The third-order valence-electron chi connectivity index (χ3n) is 4.32. The van der Waals surface area contributed by atoms with Gasteiger partial charge in [0.05, 0.1) is 12.9 Å². The second-order valence-electron chi connectivity index (χ2n) is 6.31. The van der Waals surface area contributed by atoms with Gasteiger partial charge in [-0.3, -0.25) is 4.98 Å². The second kappa shape index (κ2) is 7.58. The highest BCUT2D eigenvalue weighted by Gasteiger charge is 2.23. The van der Waals surface area contributed by atoms with Crippen molar-refractivity contribution in [2.75, 3.05) is 19.4 Å². The number of fused-ring (bicyclic) bond motifs is 1. The molecule has 5 nitrogen and oxygen atoms in total. The van der Waals surface area contributed by atoms with Crippen LogP contribution in [0.4, 0.5) is 0 Å². The monoisotopic (exact) mass is 356 g/mol. The number of benzene rings is 1. The maximum absolute atomic E-state index is 11.7. The smallest absolute Gasteiger partial charge is 0.211 e. The molecular formula is C18H21BN2O3S. The van der Waals surface area contributed by atoms with Crippen LogP contribution in [-0.4, -0.2) is 45.0 Å². The van der Waals surface area contributed by atoms with Gasteiger partial charge in [0.1, 0.15) is 13.6 Å². The molecule has 0 saturated carbocycles. The first-order valence-corrected chi connectivity index (χ1v) is 10.2. The van der Waals surface area contributed by atoms with Gasteiger partial charge >= 0.3 is 0 Å². The largest absolute Gasteiger partial charge is 0.494 e. The Morgan fingerprint density at radius 1 is 1.24 bits per heavy atom. The molecule has 1 aliphatic heterocycles. The Balaban J connectivity index is 1.52. The maximum atomic E-state index is 11.7. The summed E-state index contributed by atoms with van der Waals surface area (Å²) >= 11 is 0. The molecule has 2 radical (unpaired) electrons. The zero-order valence-electron chi connectivity index (χ0n) is 14.3. The summed E-state index contributed by atoms with van der Waals surface area (Å²) in [7, 11) is 2.48. The first kappa shape index (κ1) is 18.0. The Hall–Kier alpha value is -1.86. The fourth-order valence-corrected chi connectivity index (χ4v) is 3.70. The summed E-state index contributed by atoms with van der Waals surface area (Å²) in [5, 5.41) is 0. The summed E-state index contributed by atoms with van der Waals surface area (Å²) in [6, 6.07) is 9.68. The van der Waals surface area contributed by atoms with E-state index < -0.39 is 10.0 Å². The van der Waals surface area contributed by atoms with Crippen molar-refractivity contribution in [2.45, 2.75) is 25.8 Å². The molecule has 2 aromatic rings. The number of pyridine rings is 1. The van der Waals surface area contributed by atoms with E-state index in [1.54, 1.807) is 6.20 Å². The molecule has 0 spiro atoms. The number of aryl methyl sites for hydroxylation is 1.